The number of amides is 1. The highest BCUT2D eigenvalue weighted by Crippen LogP contribution is 2.23. The van der Waals surface area contributed by atoms with E-state index in [2.05, 4.69) is 6.92 Å². The lowest BCUT2D eigenvalue weighted by atomic mass is 9.87. The minimum absolute atomic E-state index is 0.0649. The quantitative estimate of drug-likeness (QED) is 0.731. The van der Waals surface area contributed by atoms with E-state index >= 15 is 0 Å². The fourth-order valence-corrected chi connectivity index (χ4v) is 2.49. The van der Waals surface area contributed by atoms with Gasteiger partial charge in [-0.05, 0) is 24.8 Å². The first-order valence-electron chi connectivity index (χ1n) is 6.40. The van der Waals surface area contributed by atoms with Crippen LogP contribution in [0.1, 0.15) is 13.3 Å². The Bertz CT molecular complexity index is 266. The van der Waals surface area contributed by atoms with E-state index in [9.17, 15) is 4.79 Å². The van der Waals surface area contributed by atoms with Crippen molar-refractivity contribution in [3.63, 3.8) is 0 Å². The van der Waals surface area contributed by atoms with E-state index in [0.29, 0.717) is 38.2 Å². The van der Waals surface area contributed by atoms with E-state index in [0.717, 1.165) is 19.5 Å². The molecule has 0 spiro atoms. The van der Waals surface area contributed by atoms with Gasteiger partial charge in [-0.1, -0.05) is 6.92 Å². The van der Waals surface area contributed by atoms with Crippen molar-refractivity contribution in [1.82, 2.24) is 4.90 Å². The molecule has 3 atom stereocenters. The molecule has 5 heteroatoms. The first-order valence-corrected chi connectivity index (χ1v) is 6.40. The zero-order valence-corrected chi connectivity index (χ0v) is 10.4. The minimum Gasteiger partial charge on any atom is -0.376 e. The van der Waals surface area contributed by atoms with Crippen LogP contribution in [0.5, 0.6) is 0 Å². The van der Waals surface area contributed by atoms with Gasteiger partial charge in [-0.15, -0.1) is 0 Å². The lowest BCUT2D eigenvalue weighted by Gasteiger charge is -2.38. The molecule has 0 saturated carbocycles. The highest BCUT2D eigenvalue weighted by atomic mass is 16.6. The van der Waals surface area contributed by atoms with E-state index in [1.54, 1.807) is 0 Å². The molecule has 3 unspecified atom stereocenters. The number of carbonyl (C=O) groups excluding carboxylic acids is 1. The molecule has 0 aliphatic carbocycles. The number of hydrogen-bond acceptors (Lipinski definition) is 4. The van der Waals surface area contributed by atoms with Crippen molar-refractivity contribution in [1.29, 1.82) is 0 Å². The van der Waals surface area contributed by atoms with E-state index in [1.165, 1.54) is 0 Å². The molecule has 2 aliphatic rings. The Morgan fingerprint density at radius 1 is 1.47 bits per heavy atom. The van der Waals surface area contributed by atoms with Gasteiger partial charge in [0.05, 0.1) is 19.8 Å². The molecule has 1 amide bonds. The average molecular weight is 242 g/mol. The lowest BCUT2D eigenvalue weighted by Crippen LogP contribution is -2.51. The summed E-state index contributed by atoms with van der Waals surface area (Å²) in [6.45, 7) is 5.92. The molecule has 2 rings (SSSR count). The number of carbonyl (C=O) groups is 1. The summed E-state index contributed by atoms with van der Waals surface area (Å²) < 4.78 is 10.7. The van der Waals surface area contributed by atoms with Gasteiger partial charge < -0.3 is 20.1 Å². The van der Waals surface area contributed by atoms with Crippen molar-refractivity contribution in [3.05, 3.63) is 0 Å². The van der Waals surface area contributed by atoms with Crippen LogP contribution < -0.4 is 5.73 Å². The van der Waals surface area contributed by atoms with Crippen molar-refractivity contribution >= 4 is 5.91 Å². The summed E-state index contributed by atoms with van der Waals surface area (Å²) in [4.78, 5) is 14.1. The van der Waals surface area contributed by atoms with Crippen LogP contribution in [-0.2, 0) is 14.3 Å². The third-order valence-corrected chi connectivity index (χ3v) is 3.82. The third-order valence-electron chi connectivity index (χ3n) is 3.82. The number of nitrogens with two attached hydrogens (primary N) is 1. The molecule has 0 aromatic carbocycles. The second-order valence-corrected chi connectivity index (χ2v) is 4.98. The zero-order valence-electron chi connectivity index (χ0n) is 10.4. The van der Waals surface area contributed by atoms with Gasteiger partial charge in [-0.2, -0.15) is 0 Å². The zero-order chi connectivity index (χ0) is 12.3. The van der Waals surface area contributed by atoms with Gasteiger partial charge in [0.25, 0.3) is 5.91 Å². The van der Waals surface area contributed by atoms with E-state index < -0.39 is 6.10 Å². The van der Waals surface area contributed by atoms with Crippen molar-refractivity contribution in [2.24, 2.45) is 17.6 Å². The SMILES string of the molecule is CC1CCN(C(=O)C2COCCO2)CC1CN. The molecule has 2 fully saturated rings. The second kappa shape index (κ2) is 5.80. The molecule has 98 valence electrons. The van der Waals surface area contributed by atoms with Gasteiger partial charge in [0.15, 0.2) is 6.10 Å². The summed E-state index contributed by atoms with van der Waals surface area (Å²) in [5.41, 5.74) is 5.74. The molecule has 0 aromatic heterocycles. The molecule has 0 aromatic rings. The average Bonchev–Trinajstić information content (AvgIpc) is 2.39. The molecule has 2 N–H and O–H groups in total. The van der Waals surface area contributed by atoms with Crippen LogP contribution in [-0.4, -0.2) is 56.4 Å². The Morgan fingerprint density at radius 3 is 2.94 bits per heavy atom. The normalized spacial score (nSPS) is 34.7. The van der Waals surface area contributed by atoms with Crippen LogP contribution in [0.25, 0.3) is 0 Å². The molecule has 17 heavy (non-hydrogen) atoms. The van der Waals surface area contributed by atoms with Gasteiger partial charge in [0.1, 0.15) is 0 Å². The maximum absolute atomic E-state index is 12.2. The molecule has 0 radical (unpaired) electrons. The summed E-state index contributed by atoms with van der Waals surface area (Å²) in [5, 5.41) is 0. The van der Waals surface area contributed by atoms with Gasteiger partial charge in [0, 0.05) is 13.1 Å². The first kappa shape index (κ1) is 12.8. The van der Waals surface area contributed by atoms with Crippen LogP contribution in [0, 0.1) is 11.8 Å². The number of nitrogens with zero attached hydrogens (tertiary/aromatic N) is 1. The van der Waals surface area contributed by atoms with Gasteiger partial charge >= 0.3 is 0 Å². The standard InChI is InChI=1S/C12H22N2O3/c1-9-2-3-14(7-10(9)6-13)12(15)11-8-16-4-5-17-11/h9-11H,2-8,13H2,1H3. The van der Waals surface area contributed by atoms with Crippen molar-refractivity contribution in [2.45, 2.75) is 19.4 Å². The number of piperidine rings is 1. The lowest BCUT2D eigenvalue weighted by molar-refractivity contribution is -0.160. The molecule has 5 nitrogen and oxygen atoms in total. The summed E-state index contributed by atoms with van der Waals surface area (Å²) >= 11 is 0. The van der Waals surface area contributed by atoms with Gasteiger partial charge in [-0.25, -0.2) is 0 Å². The molecular formula is C12H22N2O3. The maximum atomic E-state index is 12.2. The maximum Gasteiger partial charge on any atom is 0.254 e. The summed E-state index contributed by atoms with van der Waals surface area (Å²) in [7, 11) is 0. The fraction of sp³-hybridized carbons (Fsp3) is 0.917. The molecule has 2 saturated heterocycles. The number of likely N-dealkylation sites (tertiary alicyclic amines) is 1. The van der Waals surface area contributed by atoms with E-state index in [1.807, 2.05) is 4.90 Å². The largest absolute Gasteiger partial charge is 0.376 e. The highest BCUT2D eigenvalue weighted by Gasteiger charge is 2.33. The topological polar surface area (TPSA) is 64.8 Å². The van der Waals surface area contributed by atoms with Gasteiger partial charge in [-0.3, -0.25) is 4.79 Å². The Labute approximate surface area is 102 Å². The third kappa shape index (κ3) is 2.97. The Hall–Kier alpha value is -0.650. The smallest absolute Gasteiger partial charge is 0.254 e. The Balaban J connectivity index is 1.90. The van der Waals surface area contributed by atoms with E-state index in [4.69, 9.17) is 15.2 Å². The van der Waals surface area contributed by atoms with Crippen LogP contribution in [0.2, 0.25) is 0 Å². The second-order valence-electron chi connectivity index (χ2n) is 4.98. The number of ether oxygens (including phenoxy) is 2. The molecule has 2 heterocycles. The molecular weight excluding hydrogens is 220 g/mol. The van der Waals surface area contributed by atoms with Crippen LogP contribution in [0.15, 0.2) is 0 Å². The summed E-state index contributed by atoms with van der Waals surface area (Å²) in [6.07, 6.45) is 0.622. The van der Waals surface area contributed by atoms with Crippen LogP contribution in [0.3, 0.4) is 0 Å². The minimum atomic E-state index is -0.407. The molecule has 0 bridgehead atoms. The summed E-state index contributed by atoms with van der Waals surface area (Å²) in [6, 6.07) is 0. The van der Waals surface area contributed by atoms with Crippen LogP contribution >= 0.6 is 0 Å². The van der Waals surface area contributed by atoms with Crippen molar-refractivity contribution in [3.8, 4) is 0 Å². The highest BCUT2D eigenvalue weighted by molar-refractivity contribution is 5.81. The van der Waals surface area contributed by atoms with Crippen LogP contribution in [0.4, 0.5) is 0 Å². The predicted molar refractivity (Wildman–Crippen MR) is 63.5 cm³/mol. The van der Waals surface area contributed by atoms with Gasteiger partial charge in [0.2, 0.25) is 0 Å². The predicted octanol–water partition coefficient (Wildman–Crippen LogP) is -0.155. The van der Waals surface area contributed by atoms with Crippen molar-refractivity contribution in [2.75, 3.05) is 39.5 Å². The number of rotatable bonds is 2. The van der Waals surface area contributed by atoms with Crippen molar-refractivity contribution < 1.29 is 14.3 Å². The monoisotopic (exact) mass is 242 g/mol. The Kier molecular flexibility index (Phi) is 4.36. The summed E-state index contributed by atoms with van der Waals surface area (Å²) in [5.74, 6) is 1.08. The fourth-order valence-electron chi connectivity index (χ4n) is 2.49. The Morgan fingerprint density at radius 2 is 2.29 bits per heavy atom. The molecule has 2 aliphatic heterocycles. The number of hydrogen-bond donors (Lipinski definition) is 1. The first-order chi connectivity index (χ1) is 8.22. The van der Waals surface area contributed by atoms with E-state index in [-0.39, 0.29) is 5.91 Å².